The van der Waals surface area contributed by atoms with Crippen LogP contribution in [0.15, 0.2) is 82.1 Å². The second-order valence-electron chi connectivity index (χ2n) is 7.40. The maximum atomic E-state index is 12.5. The first kappa shape index (κ1) is 25.7. The number of benzene rings is 2. The van der Waals surface area contributed by atoms with E-state index in [0.717, 1.165) is 0 Å². The van der Waals surface area contributed by atoms with Crippen LogP contribution in [0.4, 0.5) is 11.5 Å². The number of hydrogen-bond donors (Lipinski definition) is 2. The van der Waals surface area contributed by atoms with Crippen LogP contribution in [-0.4, -0.2) is 37.6 Å². The molecule has 0 atom stereocenters. The molecule has 2 aromatic heterocycles. The molecule has 2 N–H and O–H groups in total. The number of carbonyl (C=O) groups excluding carboxylic acids is 2. The summed E-state index contributed by atoms with van der Waals surface area (Å²) in [5.74, 6) is -0.0209. The van der Waals surface area contributed by atoms with Gasteiger partial charge in [0.15, 0.2) is 16.7 Å². The zero-order chi connectivity index (χ0) is 26.4. The number of amides is 1. The predicted octanol–water partition coefficient (Wildman–Crippen LogP) is 4.14. The molecule has 0 aliphatic heterocycles. The molecule has 1 amide bonds. The average molecular weight is 543 g/mol. The summed E-state index contributed by atoms with van der Waals surface area (Å²) in [6, 6.07) is 17.8. The number of methoxy groups -OCH3 is 1. The number of ether oxygens (including phenoxy) is 2. The highest BCUT2D eigenvalue weighted by molar-refractivity contribution is 7.92. The molecule has 0 radical (unpaired) electrons. The van der Waals surface area contributed by atoms with Crippen LogP contribution >= 0.6 is 11.6 Å². The fraction of sp³-hybridized carbons (Fsp3) is 0.0833. The first-order chi connectivity index (χ1) is 17.7. The van der Waals surface area contributed by atoms with E-state index in [2.05, 4.69) is 25.0 Å². The van der Waals surface area contributed by atoms with Crippen molar-refractivity contribution in [3.05, 3.63) is 95.0 Å². The van der Waals surface area contributed by atoms with Gasteiger partial charge in [-0.05, 0) is 72.8 Å². The van der Waals surface area contributed by atoms with Crippen LogP contribution in [0.1, 0.15) is 26.7 Å². The number of sulfonamides is 1. The van der Waals surface area contributed by atoms with Crippen LogP contribution in [0.3, 0.4) is 0 Å². The number of nitrogens with one attached hydrogen (secondary N) is 2. The number of carbonyl (C=O) groups is 2. The van der Waals surface area contributed by atoms with Crippen LogP contribution in [0.5, 0.6) is 5.75 Å². The molecule has 0 bridgehead atoms. The number of hydrogen-bond acceptors (Lipinski definition) is 9. The molecule has 190 valence electrons. The number of nitrogens with zero attached hydrogens (tertiary/aromatic N) is 2. The Morgan fingerprint density at radius 3 is 2.32 bits per heavy atom. The molecule has 2 heterocycles. The van der Waals surface area contributed by atoms with E-state index >= 15 is 0 Å². The van der Waals surface area contributed by atoms with Crippen LogP contribution in [0.2, 0.25) is 5.15 Å². The molecule has 13 heteroatoms. The lowest BCUT2D eigenvalue weighted by Gasteiger charge is -2.08. The van der Waals surface area contributed by atoms with Gasteiger partial charge in [-0.3, -0.25) is 9.52 Å². The average Bonchev–Trinajstić information content (AvgIpc) is 3.38. The van der Waals surface area contributed by atoms with Crippen LogP contribution < -0.4 is 14.8 Å². The Morgan fingerprint density at radius 1 is 0.946 bits per heavy atom. The molecule has 11 nitrogen and oxygen atoms in total. The van der Waals surface area contributed by atoms with E-state index in [-0.39, 0.29) is 28.2 Å². The van der Waals surface area contributed by atoms with E-state index in [1.165, 1.54) is 49.6 Å². The highest BCUT2D eigenvalue weighted by atomic mass is 35.5. The van der Waals surface area contributed by atoms with Crippen molar-refractivity contribution >= 4 is 45.0 Å². The molecule has 0 spiro atoms. The fourth-order valence-corrected chi connectivity index (χ4v) is 4.11. The summed E-state index contributed by atoms with van der Waals surface area (Å²) in [7, 11) is -2.62. The summed E-state index contributed by atoms with van der Waals surface area (Å²) < 4.78 is 43.1. The first-order valence-corrected chi connectivity index (χ1v) is 12.4. The summed E-state index contributed by atoms with van der Waals surface area (Å²) in [6.45, 7) is 0.0579. The third-order valence-corrected chi connectivity index (χ3v) is 6.41. The maximum absolute atomic E-state index is 12.5. The summed E-state index contributed by atoms with van der Waals surface area (Å²) in [6.07, 6.45) is 0. The van der Waals surface area contributed by atoms with Crippen LogP contribution in [-0.2, 0) is 21.4 Å². The van der Waals surface area contributed by atoms with E-state index in [9.17, 15) is 18.0 Å². The Hall–Kier alpha value is -4.42. The van der Waals surface area contributed by atoms with Crippen molar-refractivity contribution < 1.29 is 31.9 Å². The van der Waals surface area contributed by atoms with Crippen molar-refractivity contribution in [2.24, 2.45) is 0 Å². The van der Waals surface area contributed by atoms with Gasteiger partial charge in [0.25, 0.3) is 15.9 Å². The Morgan fingerprint density at radius 2 is 1.68 bits per heavy atom. The smallest absolute Gasteiger partial charge is 0.337 e. The summed E-state index contributed by atoms with van der Waals surface area (Å²) in [4.78, 5) is 24.0. The van der Waals surface area contributed by atoms with Gasteiger partial charge < -0.3 is 19.2 Å². The van der Waals surface area contributed by atoms with Gasteiger partial charge in [-0.25, -0.2) is 13.2 Å². The largest absolute Gasteiger partial charge is 0.486 e. The molecular formula is C24H19ClN4O7S. The Labute approximate surface area is 216 Å². The highest BCUT2D eigenvalue weighted by Crippen LogP contribution is 2.20. The van der Waals surface area contributed by atoms with Gasteiger partial charge in [0.2, 0.25) is 0 Å². The van der Waals surface area contributed by atoms with E-state index in [0.29, 0.717) is 22.8 Å². The lowest BCUT2D eigenvalue weighted by Crippen LogP contribution is -2.15. The molecule has 0 aliphatic rings. The summed E-state index contributed by atoms with van der Waals surface area (Å²) in [5.41, 5.74) is 0.750. The number of furan rings is 1. The quantitative estimate of drug-likeness (QED) is 0.297. The standard InChI is InChI=1S/C24H19ClN4O7S/c1-34-24(31)15-2-6-17(7-3-15)35-14-18-8-11-20(36-18)23(30)26-16-4-9-19(10-5-16)37(32,33)29-22-13-12-21(25)27-28-22/h2-13H,14H2,1H3,(H,26,30)(H,28,29). The third-order valence-electron chi connectivity index (χ3n) is 4.84. The SMILES string of the molecule is COC(=O)c1ccc(OCc2ccc(C(=O)Nc3ccc(S(=O)(=O)Nc4ccc(Cl)nn4)cc3)o2)cc1. The minimum Gasteiger partial charge on any atom is -0.486 e. The molecule has 0 saturated heterocycles. The van der Waals surface area contributed by atoms with Gasteiger partial charge in [-0.15, -0.1) is 10.2 Å². The molecule has 0 aliphatic carbocycles. The van der Waals surface area contributed by atoms with E-state index < -0.39 is 21.9 Å². The summed E-state index contributed by atoms with van der Waals surface area (Å²) in [5, 5.41) is 10.0. The molecule has 4 aromatic rings. The first-order valence-electron chi connectivity index (χ1n) is 10.6. The summed E-state index contributed by atoms with van der Waals surface area (Å²) >= 11 is 5.65. The predicted molar refractivity (Wildman–Crippen MR) is 133 cm³/mol. The number of halogens is 1. The molecule has 37 heavy (non-hydrogen) atoms. The van der Waals surface area contributed by atoms with Crippen molar-refractivity contribution in [3.8, 4) is 5.75 Å². The molecule has 4 rings (SSSR count). The lowest BCUT2D eigenvalue weighted by molar-refractivity contribution is 0.0600. The minimum absolute atomic E-state index is 0.0117. The Kier molecular flexibility index (Phi) is 7.70. The van der Waals surface area contributed by atoms with Crippen LogP contribution in [0.25, 0.3) is 0 Å². The molecule has 0 fully saturated rings. The lowest BCUT2D eigenvalue weighted by atomic mass is 10.2. The van der Waals surface area contributed by atoms with Crippen molar-refractivity contribution in [1.29, 1.82) is 0 Å². The van der Waals surface area contributed by atoms with Crippen molar-refractivity contribution in [1.82, 2.24) is 10.2 Å². The molecule has 0 unspecified atom stereocenters. The molecule has 0 saturated carbocycles. The van der Waals surface area contributed by atoms with E-state index in [1.807, 2.05) is 0 Å². The van der Waals surface area contributed by atoms with Crippen molar-refractivity contribution in [2.45, 2.75) is 11.5 Å². The number of anilines is 2. The number of esters is 1. The van der Waals surface area contributed by atoms with Crippen molar-refractivity contribution in [3.63, 3.8) is 0 Å². The number of aromatic nitrogens is 2. The maximum Gasteiger partial charge on any atom is 0.337 e. The van der Waals surface area contributed by atoms with Gasteiger partial charge in [0.05, 0.1) is 17.6 Å². The van der Waals surface area contributed by atoms with E-state index in [1.54, 1.807) is 30.3 Å². The zero-order valence-corrected chi connectivity index (χ0v) is 20.7. The molecular weight excluding hydrogens is 524 g/mol. The Balaban J connectivity index is 1.33. The van der Waals surface area contributed by atoms with Crippen LogP contribution in [0, 0.1) is 0 Å². The number of rotatable bonds is 9. The molecule has 2 aromatic carbocycles. The van der Waals surface area contributed by atoms with Gasteiger partial charge in [0.1, 0.15) is 18.1 Å². The second kappa shape index (κ2) is 11.1. The highest BCUT2D eigenvalue weighted by Gasteiger charge is 2.17. The zero-order valence-electron chi connectivity index (χ0n) is 19.2. The third kappa shape index (κ3) is 6.63. The van der Waals surface area contributed by atoms with Gasteiger partial charge in [0, 0.05) is 5.69 Å². The normalized spacial score (nSPS) is 11.0. The van der Waals surface area contributed by atoms with Gasteiger partial charge in [-0.2, -0.15) is 0 Å². The second-order valence-corrected chi connectivity index (χ2v) is 9.47. The fourth-order valence-electron chi connectivity index (χ4n) is 3.01. The van der Waals surface area contributed by atoms with Gasteiger partial charge in [-0.1, -0.05) is 11.6 Å². The van der Waals surface area contributed by atoms with Crippen molar-refractivity contribution in [2.75, 3.05) is 17.1 Å². The topological polar surface area (TPSA) is 150 Å². The Bertz CT molecular complexity index is 1500. The van der Waals surface area contributed by atoms with E-state index in [4.69, 9.17) is 20.8 Å². The monoisotopic (exact) mass is 542 g/mol. The van der Waals surface area contributed by atoms with Gasteiger partial charge >= 0.3 is 5.97 Å². The minimum atomic E-state index is -3.92.